The van der Waals surface area contributed by atoms with Crippen LogP contribution in [0.25, 0.3) is 22.5 Å². The largest absolute Gasteiger partial charge is 0.460 e. The van der Waals surface area contributed by atoms with Crippen LogP contribution in [-0.2, 0) is 20.7 Å². The second-order valence-corrected chi connectivity index (χ2v) is 13.0. The van der Waals surface area contributed by atoms with Crippen LogP contribution >= 0.6 is 0 Å². The summed E-state index contributed by atoms with van der Waals surface area (Å²) in [6.45, 7) is 8.55. The number of nitrogens with zero attached hydrogens (tertiary/aromatic N) is 3. The first kappa shape index (κ1) is 29.9. The van der Waals surface area contributed by atoms with E-state index in [4.69, 9.17) is 10.5 Å². The molecule has 7 heteroatoms. The SMILES string of the molecule is CCC1CCC(c2ccc(-c3cnc(-c4ccc(CC(N)C(=O)N5CC(C(=O)OC(C)(C)C)C5)cc4)nc3)cc2)CC1. The molecule has 1 aromatic heterocycles. The number of rotatable bonds is 8. The molecule has 2 N–H and O–H groups in total. The first-order valence-corrected chi connectivity index (χ1v) is 15.4. The second-order valence-electron chi connectivity index (χ2n) is 13.0. The zero-order chi connectivity index (χ0) is 29.9. The summed E-state index contributed by atoms with van der Waals surface area (Å²) < 4.78 is 5.41. The van der Waals surface area contributed by atoms with Crippen LogP contribution in [0.5, 0.6) is 0 Å². The Kier molecular flexibility index (Phi) is 9.07. The van der Waals surface area contributed by atoms with E-state index >= 15 is 0 Å². The lowest BCUT2D eigenvalue weighted by Gasteiger charge is -2.40. The number of carbonyl (C=O) groups excluding carboxylic acids is 2. The van der Waals surface area contributed by atoms with Crippen molar-refractivity contribution in [1.82, 2.24) is 14.9 Å². The number of ether oxygens (including phenoxy) is 1. The Balaban J connectivity index is 1.12. The highest BCUT2D eigenvalue weighted by atomic mass is 16.6. The number of hydrogen-bond acceptors (Lipinski definition) is 6. The van der Waals surface area contributed by atoms with Gasteiger partial charge in [0.15, 0.2) is 5.82 Å². The fourth-order valence-corrected chi connectivity index (χ4v) is 6.04. The summed E-state index contributed by atoms with van der Waals surface area (Å²) in [4.78, 5) is 35.8. The fraction of sp³-hybridized carbons (Fsp3) is 0.486. The summed E-state index contributed by atoms with van der Waals surface area (Å²) in [6, 6.07) is 16.1. The Bertz CT molecular complexity index is 1350. The lowest BCUT2D eigenvalue weighted by Crippen LogP contribution is -2.58. The summed E-state index contributed by atoms with van der Waals surface area (Å²) in [5, 5.41) is 0. The predicted octanol–water partition coefficient (Wildman–Crippen LogP) is 6.16. The number of carbonyl (C=O) groups is 2. The average Bonchev–Trinajstić information content (AvgIpc) is 2.96. The van der Waals surface area contributed by atoms with E-state index in [0.29, 0.717) is 31.3 Å². The van der Waals surface area contributed by atoms with Gasteiger partial charge < -0.3 is 15.4 Å². The normalized spacial score (nSPS) is 20.1. The molecule has 1 saturated carbocycles. The molecule has 1 amide bonds. The number of amides is 1. The Labute approximate surface area is 249 Å². The molecule has 1 aliphatic carbocycles. The van der Waals surface area contributed by atoms with Crippen molar-refractivity contribution in [2.75, 3.05) is 13.1 Å². The maximum Gasteiger partial charge on any atom is 0.313 e. The van der Waals surface area contributed by atoms with E-state index in [1.165, 1.54) is 37.7 Å². The van der Waals surface area contributed by atoms with Crippen molar-refractivity contribution in [1.29, 1.82) is 0 Å². The minimum absolute atomic E-state index is 0.144. The van der Waals surface area contributed by atoms with E-state index in [1.807, 2.05) is 57.4 Å². The Morgan fingerprint density at radius 3 is 2.07 bits per heavy atom. The number of aromatic nitrogens is 2. The van der Waals surface area contributed by atoms with E-state index in [9.17, 15) is 9.59 Å². The van der Waals surface area contributed by atoms with Gasteiger partial charge in [-0.05, 0) is 81.4 Å². The van der Waals surface area contributed by atoms with Crippen LogP contribution in [0.4, 0.5) is 0 Å². The summed E-state index contributed by atoms with van der Waals surface area (Å²) in [7, 11) is 0. The summed E-state index contributed by atoms with van der Waals surface area (Å²) in [6.07, 6.45) is 10.8. The van der Waals surface area contributed by atoms with Crippen LogP contribution in [0.2, 0.25) is 0 Å². The quantitative estimate of drug-likeness (QED) is 0.327. The molecule has 0 bridgehead atoms. The van der Waals surface area contributed by atoms with Gasteiger partial charge in [0.25, 0.3) is 0 Å². The Morgan fingerprint density at radius 1 is 0.905 bits per heavy atom. The Hall–Kier alpha value is -3.58. The van der Waals surface area contributed by atoms with E-state index in [0.717, 1.165) is 28.2 Å². The van der Waals surface area contributed by atoms with Gasteiger partial charge in [-0.3, -0.25) is 9.59 Å². The molecule has 1 aliphatic heterocycles. The van der Waals surface area contributed by atoms with Gasteiger partial charge in [0.2, 0.25) is 5.91 Å². The zero-order valence-corrected chi connectivity index (χ0v) is 25.4. The van der Waals surface area contributed by atoms with Gasteiger partial charge in [0.1, 0.15) is 5.60 Å². The maximum absolute atomic E-state index is 12.8. The number of likely N-dealkylation sites (tertiary alicyclic amines) is 1. The summed E-state index contributed by atoms with van der Waals surface area (Å²) in [5.41, 5.74) is 11.1. The van der Waals surface area contributed by atoms with Crippen molar-refractivity contribution in [3.8, 4) is 22.5 Å². The third-order valence-corrected chi connectivity index (χ3v) is 8.71. The highest BCUT2D eigenvalue weighted by molar-refractivity contribution is 5.85. The molecular weight excluding hydrogens is 524 g/mol. The molecule has 5 rings (SSSR count). The molecule has 1 unspecified atom stereocenters. The molecule has 2 fully saturated rings. The van der Waals surface area contributed by atoms with Crippen LogP contribution in [0, 0.1) is 11.8 Å². The highest BCUT2D eigenvalue weighted by Crippen LogP contribution is 2.37. The van der Waals surface area contributed by atoms with Crippen molar-refractivity contribution < 1.29 is 14.3 Å². The molecule has 7 nitrogen and oxygen atoms in total. The molecule has 2 heterocycles. The topological polar surface area (TPSA) is 98.4 Å². The first-order chi connectivity index (χ1) is 20.1. The van der Waals surface area contributed by atoms with Crippen molar-refractivity contribution >= 4 is 11.9 Å². The standard InChI is InChI=1S/C35H44N4O3/c1-5-23-6-10-25(11-7-23)26-14-16-27(17-15-26)29-19-37-32(38-20-29)28-12-8-24(9-13-28)18-31(36)33(40)39-21-30(22-39)34(41)42-35(2,3)4/h8-9,12-17,19-20,23,25,30-31H,5-7,10-11,18,21-22,36H2,1-4H3. The van der Waals surface area contributed by atoms with E-state index in [2.05, 4.69) is 41.2 Å². The minimum atomic E-state index is -0.663. The number of benzene rings is 2. The molecule has 0 spiro atoms. The van der Waals surface area contributed by atoms with Crippen LogP contribution < -0.4 is 5.73 Å². The first-order valence-electron chi connectivity index (χ1n) is 15.4. The maximum atomic E-state index is 12.8. The van der Waals surface area contributed by atoms with Crippen molar-refractivity contribution in [3.63, 3.8) is 0 Å². The number of nitrogens with two attached hydrogens (primary N) is 1. The number of hydrogen-bond donors (Lipinski definition) is 1. The molecule has 2 aromatic carbocycles. The van der Waals surface area contributed by atoms with Crippen molar-refractivity contribution in [2.24, 2.45) is 17.6 Å². The predicted molar refractivity (Wildman–Crippen MR) is 165 cm³/mol. The molecule has 3 aromatic rings. The number of esters is 1. The van der Waals surface area contributed by atoms with E-state index in [1.54, 1.807) is 4.90 Å². The second kappa shape index (κ2) is 12.7. The lowest BCUT2D eigenvalue weighted by atomic mass is 9.78. The smallest absolute Gasteiger partial charge is 0.313 e. The van der Waals surface area contributed by atoms with Crippen LogP contribution in [-0.4, -0.2) is 51.5 Å². The zero-order valence-electron chi connectivity index (χ0n) is 25.4. The van der Waals surface area contributed by atoms with Gasteiger partial charge >= 0.3 is 5.97 Å². The third-order valence-electron chi connectivity index (χ3n) is 8.71. The third kappa shape index (κ3) is 7.24. The van der Waals surface area contributed by atoms with Crippen LogP contribution in [0.15, 0.2) is 60.9 Å². The van der Waals surface area contributed by atoms with Crippen molar-refractivity contribution in [3.05, 3.63) is 72.1 Å². The van der Waals surface area contributed by atoms with Gasteiger partial charge in [-0.1, -0.05) is 61.9 Å². The molecule has 2 aliphatic rings. The minimum Gasteiger partial charge on any atom is -0.460 e. The van der Waals surface area contributed by atoms with Gasteiger partial charge in [0.05, 0.1) is 12.0 Å². The van der Waals surface area contributed by atoms with Gasteiger partial charge in [-0.25, -0.2) is 9.97 Å². The van der Waals surface area contributed by atoms with Gasteiger partial charge in [-0.15, -0.1) is 0 Å². The molecular formula is C35H44N4O3. The van der Waals surface area contributed by atoms with Gasteiger partial charge in [-0.2, -0.15) is 0 Å². The highest BCUT2D eigenvalue weighted by Gasteiger charge is 2.39. The molecule has 222 valence electrons. The molecule has 1 atom stereocenters. The molecule has 0 radical (unpaired) electrons. The monoisotopic (exact) mass is 568 g/mol. The summed E-state index contributed by atoms with van der Waals surface area (Å²) >= 11 is 0. The van der Waals surface area contributed by atoms with Crippen LogP contribution in [0.1, 0.15) is 76.8 Å². The molecule has 1 saturated heterocycles. The van der Waals surface area contributed by atoms with Crippen LogP contribution in [0.3, 0.4) is 0 Å². The lowest BCUT2D eigenvalue weighted by molar-refractivity contribution is -0.168. The van der Waals surface area contributed by atoms with E-state index < -0.39 is 11.6 Å². The van der Waals surface area contributed by atoms with Crippen molar-refractivity contribution in [2.45, 2.75) is 83.8 Å². The molecule has 42 heavy (non-hydrogen) atoms. The fourth-order valence-electron chi connectivity index (χ4n) is 6.04. The van der Waals surface area contributed by atoms with Gasteiger partial charge in [0, 0.05) is 36.6 Å². The summed E-state index contributed by atoms with van der Waals surface area (Å²) in [5.74, 6) is 1.57. The Morgan fingerprint density at radius 2 is 1.50 bits per heavy atom. The average molecular weight is 569 g/mol. The van der Waals surface area contributed by atoms with E-state index in [-0.39, 0.29) is 17.8 Å².